The van der Waals surface area contributed by atoms with Crippen molar-refractivity contribution in [3.05, 3.63) is 47.2 Å². The van der Waals surface area contributed by atoms with Crippen LogP contribution >= 0.6 is 0 Å². The van der Waals surface area contributed by atoms with Gasteiger partial charge < -0.3 is 10.8 Å². The Morgan fingerprint density at radius 1 is 1.27 bits per heavy atom. The van der Waals surface area contributed by atoms with Gasteiger partial charge >= 0.3 is 0 Å². The minimum Gasteiger partial charge on any atom is -0.508 e. The molecule has 0 aliphatic rings. The number of hydrogen-bond donors (Lipinski definition) is 2. The van der Waals surface area contributed by atoms with Crippen molar-refractivity contribution in [1.82, 2.24) is 9.78 Å². The number of primary amides is 1. The van der Waals surface area contributed by atoms with Crippen molar-refractivity contribution in [1.29, 1.82) is 0 Å². The molecule has 5 heteroatoms. The summed E-state index contributed by atoms with van der Waals surface area (Å²) in [5.74, 6) is -0.267. The summed E-state index contributed by atoms with van der Waals surface area (Å²) in [6.45, 7) is 3.82. The SMILES string of the molecule is Cc1ccc(O)c(C)c1-c1cc(C(N)=O)cc2cn(C)nc12. The van der Waals surface area contributed by atoms with Crippen LogP contribution in [0.4, 0.5) is 0 Å². The Balaban J connectivity index is 2.44. The summed E-state index contributed by atoms with van der Waals surface area (Å²) in [6, 6.07) is 7.00. The number of rotatable bonds is 2. The minimum absolute atomic E-state index is 0.217. The van der Waals surface area contributed by atoms with E-state index in [2.05, 4.69) is 5.10 Å². The highest BCUT2D eigenvalue weighted by Gasteiger charge is 2.17. The van der Waals surface area contributed by atoms with Crippen LogP contribution in [0.15, 0.2) is 30.5 Å². The van der Waals surface area contributed by atoms with Gasteiger partial charge in [0.15, 0.2) is 0 Å². The lowest BCUT2D eigenvalue weighted by molar-refractivity contribution is 0.100. The van der Waals surface area contributed by atoms with Crippen LogP contribution in [0, 0.1) is 13.8 Å². The molecule has 0 radical (unpaired) electrons. The van der Waals surface area contributed by atoms with E-state index in [-0.39, 0.29) is 5.75 Å². The number of carbonyl (C=O) groups is 1. The van der Waals surface area contributed by atoms with E-state index in [1.165, 1.54) is 0 Å². The molecule has 1 amide bonds. The third-order valence-electron chi connectivity index (χ3n) is 3.92. The number of nitrogens with two attached hydrogens (primary N) is 1. The lowest BCUT2D eigenvalue weighted by atomic mass is 9.92. The number of nitrogens with zero attached hydrogens (tertiary/aromatic N) is 2. The van der Waals surface area contributed by atoms with Crippen molar-refractivity contribution >= 4 is 16.8 Å². The van der Waals surface area contributed by atoms with Crippen molar-refractivity contribution in [2.24, 2.45) is 12.8 Å². The topological polar surface area (TPSA) is 81.1 Å². The number of aromatic hydroxyl groups is 1. The van der Waals surface area contributed by atoms with Gasteiger partial charge in [0.25, 0.3) is 0 Å². The van der Waals surface area contributed by atoms with E-state index in [1.54, 1.807) is 22.9 Å². The molecule has 2 aromatic carbocycles. The Morgan fingerprint density at radius 2 is 2.00 bits per heavy atom. The van der Waals surface area contributed by atoms with Gasteiger partial charge in [-0.15, -0.1) is 0 Å². The highest BCUT2D eigenvalue weighted by Crippen LogP contribution is 2.36. The maximum Gasteiger partial charge on any atom is 0.248 e. The summed E-state index contributed by atoms with van der Waals surface area (Å²) in [5.41, 5.74) is 10.1. The third kappa shape index (κ3) is 2.11. The highest BCUT2D eigenvalue weighted by atomic mass is 16.3. The van der Waals surface area contributed by atoms with Gasteiger partial charge in [-0.05, 0) is 48.7 Å². The number of phenols is 1. The molecule has 1 heterocycles. The second kappa shape index (κ2) is 4.87. The second-order valence-electron chi connectivity index (χ2n) is 5.53. The summed E-state index contributed by atoms with van der Waals surface area (Å²) in [5, 5.41) is 15.4. The standard InChI is InChI=1S/C17H17N3O2/c1-9-4-5-14(21)10(2)15(9)13-7-11(17(18)22)6-12-8-20(3)19-16(12)13/h4-8,21H,1-3H3,(H2,18,22). The molecule has 112 valence electrons. The Kier molecular flexibility index (Phi) is 3.13. The number of hydrogen-bond acceptors (Lipinski definition) is 3. The molecule has 0 saturated carbocycles. The summed E-state index contributed by atoms with van der Waals surface area (Å²) >= 11 is 0. The fourth-order valence-corrected chi connectivity index (χ4v) is 2.84. The smallest absolute Gasteiger partial charge is 0.248 e. The largest absolute Gasteiger partial charge is 0.508 e. The zero-order valence-electron chi connectivity index (χ0n) is 12.7. The number of aromatic nitrogens is 2. The molecule has 22 heavy (non-hydrogen) atoms. The fourth-order valence-electron chi connectivity index (χ4n) is 2.84. The van der Waals surface area contributed by atoms with Crippen LogP contribution in [0.25, 0.3) is 22.0 Å². The van der Waals surface area contributed by atoms with Gasteiger partial charge in [-0.25, -0.2) is 0 Å². The lowest BCUT2D eigenvalue weighted by Crippen LogP contribution is -2.11. The first-order chi connectivity index (χ1) is 10.4. The van der Waals surface area contributed by atoms with E-state index in [4.69, 9.17) is 5.73 Å². The fraction of sp³-hybridized carbons (Fsp3) is 0.176. The predicted octanol–water partition coefficient (Wildman–Crippen LogP) is 2.66. The van der Waals surface area contributed by atoms with Gasteiger partial charge in [-0.3, -0.25) is 9.48 Å². The zero-order valence-corrected chi connectivity index (χ0v) is 12.7. The summed E-state index contributed by atoms with van der Waals surface area (Å²) in [4.78, 5) is 11.6. The minimum atomic E-state index is -0.484. The Bertz CT molecular complexity index is 910. The number of fused-ring (bicyclic) bond motifs is 1. The Morgan fingerprint density at radius 3 is 2.68 bits per heavy atom. The van der Waals surface area contributed by atoms with Gasteiger partial charge in [0.1, 0.15) is 11.3 Å². The van der Waals surface area contributed by atoms with E-state index in [0.29, 0.717) is 5.56 Å². The molecule has 0 aliphatic carbocycles. The quantitative estimate of drug-likeness (QED) is 0.762. The lowest BCUT2D eigenvalue weighted by Gasteiger charge is -2.13. The van der Waals surface area contributed by atoms with E-state index in [9.17, 15) is 9.90 Å². The average Bonchev–Trinajstić information content (AvgIpc) is 2.83. The molecular weight excluding hydrogens is 278 g/mol. The molecule has 0 saturated heterocycles. The van der Waals surface area contributed by atoms with Crippen LogP contribution in [0.5, 0.6) is 5.75 Å². The van der Waals surface area contributed by atoms with Crippen molar-refractivity contribution in [2.75, 3.05) is 0 Å². The predicted molar refractivity (Wildman–Crippen MR) is 85.8 cm³/mol. The monoisotopic (exact) mass is 295 g/mol. The number of aryl methyl sites for hydroxylation is 2. The van der Waals surface area contributed by atoms with Gasteiger partial charge in [-0.1, -0.05) is 6.07 Å². The van der Waals surface area contributed by atoms with Gasteiger partial charge in [0, 0.05) is 29.8 Å². The number of carbonyl (C=O) groups excluding carboxylic acids is 1. The molecule has 0 fully saturated rings. The van der Waals surface area contributed by atoms with Crippen LogP contribution in [0.1, 0.15) is 21.5 Å². The third-order valence-corrected chi connectivity index (χ3v) is 3.92. The zero-order chi connectivity index (χ0) is 16.0. The Labute approximate surface area is 128 Å². The van der Waals surface area contributed by atoms with Gasteiger partial charge in [0.05, 0.1) is 0 Å². The van der Waals surface area contributed by atoms with E-state index < -0.39 is 5.91 Å². The van der Waals surface area contributed by atoms with Crippen LogP contribution in [0.3, 0.4) is 0 Å². The number of phenolic OH excluding ortho intramolecular Hbond substituents is 1. The van der Waals surface area contributed by atoms with E-state index in [1.807, 2.05) is 33.2 Å². The molecule has 0 atom stereocenters. The van der Waals surface area contributed by atoms with Crippen LogP contribution in [-0.2, 0) is 7.05 Å². The maximum atomic E-state index is 11.6. The van der Waals surface area contributed by atoms with Crippen molar-refractivity contribution in [3.8, 4) is 16.9 Å². The first-order valence-electron chi connectivity index (χ1n) is 6.95. The molecule has 0 aliphatic heterocycles. The maximum absolute atomic E-state index is 11.6. The average molecular weight is 295 g/mol. The highest BCUT2D eigenvalue weighted by molar-refractivity contribution is 6.03. The summed E-state index contributed by atoms with van der Waals surface area (Å²) in [6.07, 6.45) is 1.85. The molecule has 0 unspecified atom stereocenters. The molecular formula is C17H17N3O2. The van der Waals surface area contributed by atoms with Crippen molar-refractivity contribution < 1.29 is 9.90 Å². The molecule has 3 N–H and O–H groups in total. The molecule has 1 aromatic heterocycles. The van der Waals surface area contributed by atoms with Gasteiger partial charge in [0.2, 0.25) is 5.91 Å². The van der Waals surface area contributed by atoms with Gasteiger partial charge in [-0.2, -0.15) is 5.10 Å². The van der Waals surface area contributed by atoms with Crippen molar-refractivity contribution in [3.63, 3.8) is 0 Å². The second-order valence-corrected chi connectivity index (χ2v) is 5.53. The molecule has 3 aromatic rings. The number of benzene rings is 2. The molecule has 0 spiro atoms. The van der Waals surface area contributed by atoms with Crippen LogP contribution in [-0.4, -0.2) is 20.8 Å². The van der Waals surface area contributed by atoms with Crippen LogP contribution in [0.2, 0.25) is 0 Å². The first kappa shape index (κ1) is 14.1. The number of amides is 1. The normalized spacial score (nSPS) is 11.0. The van der Waals surface area contributed by atoms with Crippen molar-refractivity contribution in [2.45, 2.75) is 13.8 Å². The summed E-state index contributed by atoms with van der Waals surface area (Å²) < 4.78 is 1.70. The van der Waals surface area contributed by atoms with E-state index >= 15 is 0 Å². The molecule has 5 nitrogen and oxygen atoms in total. The van der Waals surface area contributed by atoms with Crippen LogP contribution < -0.4 is 5.73 Å². The Hall–Kier alpha value is -2.82. The van der Waals surface area contributed by atoms with E-state index in [0.717, 1.165) is 33.2 Å². The molecule has 3 rings (SSSR count). The molecule has 0 bridgehead atoms. The summed E-state index contributed by atoms with van der Waals surface area (Å²) in [7, 11) is 1.83. The first-order valence-corrected chi connectivity index (χ1v) is 6.95.